The molecule has 1 N–H and O–H groups in total. The average Bonchev–Trinajstić information content (AvgIpc) is 3.42. The topological polar surface area (TPSA) is 105 Å². The SMILES string of the molecule is CC1CCC(c2ccccc2)S(=O)(=O)N1Cc1ccc(C2(C(=O)O)CCC(n3cnnc3)CC2)cc1. The first kappa shape index (κ1) is 24.6. The summed E-state index contributed by atoms with van der Waals surface area (Å²) in [6.07, 6.45) is 7.30. The van der Waals surface area contributed by atoms with Gasteiger partial charge in [0.2, 0.25) is 10.0 Å². The van der Waals surface area contributed by atoms with Gasteiger partial charge in [-0.15, -0.1) is 10.2 Å². The number of rotatable bonds is 6. The minimum absolute atomic E-state index is 0.0899. The van der Waals surface area contributed by atoms with Gasteiger partial charge >= 0.3 is 5.97 Å². The lowest BCUT2D eigenvalue weighted by Crippen LogP contribution is -2.44. The Kier molecular flexibility index (Phi) is 6.70. The molecule has 2 unspecified atom stereocenters. The number of aliphatic carboxylic acids is 1. The molecular weight excluding hydrogens is 476 g/mol. The number of carboxylic acids is 1. The van der Waals surface area contributed by atoms with Crippen molar-refractivity contribution in [1.82, 2.24) is 19.1 Å². The molecule has 1 aliphatic heterocycles. The van der Waals surface area contributed by atoms with E-state index in [2.05, 4.69) is 10.2 Å². The van der Waals surface area contributed by atoms with Crippen LogP contribution in [0.2, 0.25) is 0 Å². The van der Waals surface area contributed by atoms with Crippen LogP contribution in [-0.2, 0) is 26.8 Å². The van der Waals surface area contributed by atoms with Crippen LogP contribution >= 0.6 is 0 Å². The summed E-state index contributed by atoms with van der Waals surface area (Å²) in [7, 11) is -3.52. The van der Waals surface area contributed by atoms with Gasteiger partial charge < -0.3 is 9.67 Å². The molecule has 0 amide bonds. The van der Waals surface area contributed by atoms with E-state index in [0.29, 0.717) is 19.3 Å². The van der Waals surface area contributed by atoms with Crippen molar-refractivity contribution in [2.24, 2.45) is 0 Å². The monoisotopic (exact) mass is 508 g/mol. The fourth-order valence-electron chi connectivity index (χ4n) is 5.88. The van der Waals surface area contributed by atoms with Gasteiger partial charge in [-0.05, 0) is 62.1 Å². The summed E-state index contributed by atoms with van der Waals surface area (Å²) in [6.45, 7) is 2.24. The molecule has 0 radical (unpaired) electrons. The van der Waals surface area contributed by atoms with E-state index in [4.69, 9.17) is 0 Å². The maximum atomic E-state index is 13.5. The number of benzene rings is 2. The Morgan fingerprint density at radius 1 is 0.972 bits per heavy atom. The molecule has 2 fully saturated rings. The van der Waals surface area contributed by atoms with E-state index >= 15 is 0 Å². The lowest BCUT2D eigenvalue weighted by Gasteiger charge is -2.38. The van der Waals surface area contributed by atoms with Gasteiger partial charge in [-0.3, -0.25) is 4.79 Å². The number of sulfonamides is 1. The third kappa shape index (κ3) is 4.46. The smallest absolute Gasteiger partial charge is 0.314 e. The van der Waals surface area contributed by atoms with Gasteiger partial charge in [-0.2, -0.15) is 4.31 Å². The highest BCUT2D eigenvalue weighted by atomic mass is 32.2. The van der Waals surface area contributed by atoms with Gasteiger partial charge in [0.05, 0.1) is 5.41 Å². The molecule has 36 heavy (non-hydrogen) atoms. The number of aromatic nitrogens is 3. The zero-order chi connectivity index (χ0) is 25.3. The second kappa shape index (κ2) is 9.78. The summed E-state index contributed by atoms with van der Waals surface area (Å²) in [4.78, 5) is 12.5. The molecule has 5 rings (SSSR count). The molecule has 2 atom stereocenters. The second-order valence-electron chi connectivity index (χ2n) is 10.1. The Morgan fingerprint density at radius 3 is 2.22 bits per heavy atom. The molecule has 1 saturated carbocycles. The van der Waals surface area contributed by atoms with Crippen molar-refractivity contribution < 1.29 is 18.3 Å². The van der Waals surface area contributed by atoms with E-state index in [0.717, 1.165) is 36.0 Å². The minimum atomic E-state index is -3.52. The maximum absolute atomic E-state index is 13.5. The van der Waals surface area contributed by atoms with Gasteiger partial charge in [0.25, 0.3) is 0 Å². The van der Waals surface area contributed by atoms with Crippen molar-refractivity contribution in [3.63, 3.8) is 0 Å². The molecule has 190 valence electrons. The van der Waals surface area contributed by atoms with Crippen LogP contribution in [0.5, 0.6) is 0 Å². The van der Waals surface area contributed by atoms with Crippen molar-refractivity contribution in [3.8, 4) is 0 Å². The van der Waals surface area contributed by atoms with Gasteiger partial charge in [0.15, 0.2) is 0 Å². The maximum Gasteiger partial charge on any atom is 0.314 e. The fraction of sp³-hybridized carbons (Fsp3) is 0.444. The zero-order valence-electron chi connectivity index (χ0n) is 20.4. The number of hydrogen-bond acceptors (Lipinski definition) is 5. The molecule has 8 nitrogen and oxygen atoms in total. The highest BCUT2D eigenvalue weighted by Gasteiger charge is 2.44. The van der Waals surface area contributed by atoms with Crippen LogP contribution in [-0.4, -0.2) is 44.6 Å². The third-order valence-electron chi connectivity index (χ3n) is 8.12. The quantitative estimate of drug-likeness (QED) is 0.527. The molecule has 2 aliphatic rings. The summed E-state index contributed by atoms with van der Waals surface area (Å²) < 4.78 is 30.7. The predicted octanol–water partition coefficient (Wildman–Crippen LogP) is 4.47. The van der Waals surface area contributed by atoms with Crippen LogP contribution < -0.4 is 0 Å². The lowest BCUT2D eigenvalue weighted by atomic mass is 9.68. The van der Waals surface area contributed by atoms with Gasteiger partial charge in [0, 0.05) is 18.6 Å². The Hall–Kier alpha value is -3.04. The van der Waals surface area contributed by atoms with Crippen molar-refractivity contribution >= 4 is 16.0 Å². The van der Waals surface area contributed by atoms with Gasteiger partial charge in [-0.25, -0.2) is 8.42 Å². The third-order valence-corrected chi connectivity index (χ3v) is 10.5. The number of carbonyl (C=O) groups is 1. The molecule has 3 aromatic rings. The molecule has 1 saturated heterocycles. The highest BCUT2D eigenvalue weighted by Crippen LogP contribution is 2.44. The van der Waals surface area contributed by atoms with E-state index in [1.54, 1.807) is 17.0 Å². The molecule has 0 spiro atoms. The first-order valence-corrected chi connectivity index (χ1v) is 14.0. The summed E-state index contributed by atoms with van der Waals surface area (Å²) >= 11 is 0. The Balaban J connectivity index is 1.34. The molecule has 9 heteroatoms. The lowest BCUT2D eigenvalue weighted by molar-refractivity contribution is -0.145. The zero-order valence-corrected chi connectivity index (χ0v) is 21.2. The molecule has 0 bridgehead atoms. The number of hydrogen-bond donors (Lipinski definition) is 1. The Labute approximate surface area is 212 Å². The van der Waals surface area contributed by atoms with E-state index in [9.17, 15) is 18.3 Å². The van der Waals surface area contributed by atoms with Crippen molar-refractivity contribution in [1.29, 1.82) is 0 Å². The molecule has 1 aromatic heterocycles. The van der Waals surface area contributed by atoms with Gasteiger partial charge in [-0.1, -0.05) is 54.6 Å². The van der Waals surface area contributed by atoms with E-state index in [1.807, 2.05) is 66.1 Å². The van der Waals surface area contributed by atoms with Crippen molar-refractivity contribution in [3.05, 3.63) is 83.9 Å². The Bertz CT molecular complexity index is 1290. The molecule has 2 heterocycles. The van der Waals surface area contributed by atoms with E-state index in [-0.39, 0.29) is 18.6 Å². The summed E-state index contributed by atoms with van der Waals surface area (Å²) in [6, 6.07) is 17.1. The van der Waals surface area contributed by atoms with Crippen LogP contribution in [0.15, 0.2) is 67.3 Å². The van der Waals surface area contributed by atoms with Crippen LogP contribution in [0.4, 0.5) is 0 Å². The first-order valence-electron chi connectivity index (χ1n) is 12.5. The number of nitrogens with zero attached hydrogens (tertiary/aromatic N) is 4. The highest BCUT2D eigenvalue weighted by molar-refractivity contribution is 7.89. The summed E-state index contributed by atoms with van der Waals surface area (Å²) in [5.74, 6) is -0.810. The van der Waals surface area contributed by atoms with Crippen molar-refractivity contribution in [2.75, 3.05) is 0 Å². The first-order chi connectivity index (χ1) is 17.3. The van der Waals surface area contributed by atoms with Crippen LogP contribution in [0, 0.1) is 0 Å². The second-order valence-corrected chi connectivity index (χ2v) is 12.2. The largest absolute Gasteiger partial charge is 0.481 e. The Morgan fingerprint density at radius 2 is 1.61 bits per heavy atom. The molecule has 2 aromatic carbocycles. The summed E-state index contributed by atoms with van der Waals surface area (Å²) in [5.41, 5.74) is 1.53. The molecular formula is C27H32N4O4S. The summed E-state index contributed by atoms with van der Waals surface area (Å²) in [5, 5.41) is 17.4. The average molecular weight is 509 g/mol. The van der Waals surface area contributed by atoms with Crippen LogP contribution in [0.1, 0.15) is 73.4 Å². The normalized spacial score (nSPS) is 28.5. The minimum Gasteiger partial charge on any atom is -0.481 e. The van der Waals surface area contributed by atoms with E-state index < -0.39 is 26.7 Å². The molecule has 1 aliphatic carbocycles. The van der Waals surface area contributed by atoms with Gasteiger partial charge in [0.1, 0.15) is 17.9 Å². The van der Waals surface area contributed by atoms with Crippen LogP contribution in [0.3, 0.4) is 0 Å². The predicted molar refractivity (Wildman–Crippen MR) is 136 cm³/mol. The number of carboxylic acid groups (broad SMARTS) is 1. The standard InChI is InChI=1S/C27H32N4O4S/c1-20-7-12-25(22-5-3-2-4-6-22)36(34,35)31(20)17-21-8-10-23(11-9-21)27(26(32)33)15-13-24(14-16-27)30-18-28-29-19-30/h2-6,8-11,18-20,24-25H,7,12-17H2,1H3,(H,32,33). The van der Waals surface area contributed by atoms with Crippen LogP contribution in [0.25, 0.3) is 0 Å². The van der Waals surface area contributed by atoms with E-state index in [1.165, 1.54) is 0 Å². The fourth-order valence-corrected chi connectivity index (χ4v) is 8.08. The van der Waals surface area contributed by atoms with Crippen molar-refractivity contribution in [2.45, 2.75) is 74.7 Å².